The summed E-state index contributed by atoms with van der Waals surface area (Å²) >= 11 is 0. The lowest BCUT2D eigenvalue weighted by atomic mass is 9.87. The molecule has 0 bridgehead atoms. The van der Waals surface area contributed by atoms with Gasteiger partial charge in [0.2, 0.25) is 0 Å². The van der Waals surface area contributed by atoms with E-state index >= 15 is 0 Å². The first kappa shape index (κ1) is 15.0. The molecule has 0 radical (unpaired) electrons. The fourth-order valence-electron chi connectivity index (χ4n) is 4.01. The van der Waals surface area contributed by atoms with Crippen molar-refractivity contribution in [3.63, 3.8) is 0 Å². The van der Waals surface area contributed by atoms with Gasteiger partial charge in [0.1, 0.15) is 0 Å². The number of β-amino-alcohol motifs (C(OH)–C–C–N with tert-alkyl or cyclic N) is 1. The molecule has 1 saturated carbocycles. The van der Waals surface area contributed by atoms with E-state index < -0.39 is 0 Å². The molecule has 4 heteroatoms. The molecular weight excluding hydrogens is 262 g/mol. The van der Waals surface area contributed by atoms with Gasteiger partial charge in [-0.3, -0.25) is 5.10 Å². The number of rotatable bonds is 5. The van der Waals surface area contributed by atoms with Gasteiger partial charge in [-0.1, -0.05) is 32.1 Å². The summed E-state index contributed by atoms with van der Waals surface area (Å²) < 4.78 is 0. The fourth-order valence-corrected chi connectivity index (χ4v) is 4.01. The third-order valence-corrected chi connectivity index (χ3v) is 5.29. The minimum Gasteiger partial charge on any atom is -0.391 e. The third-order valence-electron chi connectivity index (χ3n) is 5.29. The Bertz CT molecular complexity index is 439. The largest absolute Gasteiger partial charge is 0.391 e. The number of nitrogens with one attached hydrogen (secondary N) is 1. The highest BCUT2D eigenvalue weighted by Gasteiger charge is 2.31. The second-order valence-corrected chi connectivity index (χ2v) is 7.13. The van der Waals surface area contributed by atoms with E-state index in [0.29, 0.717) is 5.92 Å². The summed E-state index contributed by atoms with van der Waals surface area (Å²) in [5.41, 5.74) is 2.19. The molecule has 2 aliphatic rings. The zero-order valence-electron chi connectivity index (χ0n) is 13.2. The van der Waals surface area contributed by atoms with E-state index in [9.17, 15) is 5.11 Å². The number of aliphatic hydroxyl groups excluding tert-OH is 1. The van der Waals surface area contributed by atoms with Gasteiger partial charge in [0, 0.05) is 24.7 Å². The van der Waals surface area contributed by atoms with Crippen LogP contribution < -0.4 is 0 Å². The Morgan fingerprint density at radius 2 is 2.10 bits per heavy atom. The number of hydrogen-bond donors (Lipinski definition) is 2. The Morgan fingerprint density at radius 3 is 2.81 bits per heavy atom. The van der Waals surface area contributed by atoms with Gasteiger partial charge in [-0.15, -0.1) is 0 Å². The van der Waals surface area contributed by atoms with Crippen LogP contribution in [0.1, 0.15) is 49.9 Å². The average molecular weight is 291 g/mol. The number of H-pyrrole nitrogens is 1. The van der Waals surface area contributed by atoms with Crippen molar-refractivity contribution in [2.45, 2.75) is 58.0 Å². The first-order valence-electron chi connectivity index (χ1n) is 8.62. The molecule has 1 aromatic heterocycles. The number of aliphatic hydroxyl groups is 1. The van der Waals surface area contributed by atoms with Crippen LogP contribution in [0.5, 0.6) is 0 Å². The van der Waals surface area contributed by atoms with Crippen molar-refractivity contribution in [1.82, 2.24) is 15.1 Å². The van der Waals surface area contributed by atoms with E-state index in [-0.39, 0.29) is 6.10 Å². The van der Waals surface area contributed by atoms with E-state index in [1.165, 1.54) is 38.5 Å². The molecule has 0 unspecified atom stereocenters. The van der Waals surface area contributed by atoms with Crippen LogP contribution in [0.3, 0.4) is 0 Å². The van der Waals surface area contributed by atoms with Gasteiger partial charge in [0.05, 0.1) is 11.8 Å². The molecule has 2 N–H and O–H groups in total. The third kappa shape index (κ3) is 4.07. The highest BCUT2D eigenvalue weighted by Crippen LogP contribution is 2.28. The normalized spacial score (nSPS) is 28.3. The molecule has 1 saturated heterocycles. The summed E-state index contributed by atoms with van der Waals surface area (Å²) in [4.78, 5) is 2.46. The van der Waals surface area contributed by atoms with Crippen LogP contribution in [0.25, 0.3) is 0 Å². The second kappa shape index (κ2) is 6.93. The van der Waals surface area contributed by atoms with E-state index in [2.05, 4.69) is 21.2 Å². The summed E-state index contributed by atoms with van der Waals surface area (Å²) in [6.07, 6.45) is 9.16. The Balaban J connectivity index is 1.44. The summed E-state index contributed by atoms with van der Waals surface area (Å²) in [6.45, 7) is 5.07. The first-order chi connectivity index (χ1) is 10.2. The molecule has 2 fully saturated rings. The maximum Gasteiger partial charge on any atom is 0.0711 e. The van der Waals surface area contributed by atoms with E-state index in [4.69, 9.17) is 0 Å². The minimum absolute atomic E-state index is 0.187. The second-order valence-electron chi connectivity index (χ2n) is 7.13. The van der Waals surface area contributed by atoms with Crippen molar-refractivity contribution in [1.29, 1.82) is 0 Å². The predicted octanol–water partition coefficient (Wildman–Crippen LogP) is 2.52. The van der Waals surface area contributed by atoms with E-state index in [1.807, 2.05) is 6.92 Å². The van der Waals surface area contributed by atoms with Gasteiger partial charge in [-0.05, 0) is 38.3 Å². The number of aromatic nitrogens is 2. The van der Waals surface area contributed by atoms with Crippen molar-refractivity contribution in [2.24, 2.45) is 11.8 Å². The Hall–Kier alpha value is -0.870. The average Bonchev–Trinajstić information content (AvgIpc) is 3.05. The van der Waals surface area contributed by atoms with Crippen LogP contribution in [0, 0.1) is 18.8 Å². The minimum atomic E-state index is -0.187. The molecule has 1 aliphatic carbocycles. The van der Waals surface area contributed by atoms with Crippen LogP contribution in [-0.2, 0) is 6.42 Å². The molecule has 0 spiro atoms. The Kier molecular flexibility index (Phi) is 4.96. The number of likely N-dealkylation sites (tertiary alicyclic amines) is 1. The van der Waals surface area contributed by atoms with Crippen molar-refractivity contribution < 1.29 is 5.11 Å². The number of hydrogen-bond acceptors (Lipinski definition) is 3. The molecule has 1 aliphatic heterocycles. The lowest BCUT2D eigenvalue weighted by Gasteiger charge is -2.24. The zero-order valence-corrected chi connectivity index (χ0v) is 13.2. The lowest BCUT2D eigenvalue weighted by Crippen LogP contribution is -2.25. The number of aryl methyl sites for hydroxylation is 1. The molecule has 2 heterocycles. The molecule has 0 amide bonds. The number of aromatic amines is 1. The first-order valence-corrected chi connectivity index (χ1v) is 8.62. The quantitative estimate of drug-likeness (QED) is 0.876. The van der Waals surface area contributed by atoms with Gasteiger partial charge in [-0.25, -0.2) is 0 Å². The molecule has 118 valence electrons. The fraction of sp³-hybridized carbons (Fsp3) is 0.824. The van der Waals surface area contributed by atoms with Gasteiger partial charge >= 0.3 is 0 Å². The van der Waals surface area contributed by atoms with Crippen LogP contribution >= 0.6 is 0 Å². The highest BCUT2D eigenvalue weighted by atomic mass is 16.3. The van der Waals surface area contributed by atoms with Gasteiger partial charge < -0.3 is 10.0 Å². The van der Waals surface area contributed by atoms with Crippen LogP contribution in [0.15, 0.2) is 6.07 Å². The summed E-state index contributed by atoms with van der Waals surface area (Å²) in [7, 11) is 0. The molecule has 2 atom stereocenters. The summed E-state index contributed by atoms with van der Waals surface area (Å²) in [5, 5.41) is 17.6. The smallest absolute Gasteiger partial charge is 0.0711 e. The highest BCUT2D eigenvalue weighted by molar-refractivity contribution is 5.08. The van der Waals surface area contributed by atoms with Gasteiger partial charge in [-0.2, -0.15) is 5.10 Å². The monoisotopic (exact) mass is 291 g/mol. The van der Waals surface area contributed by atoms with Crippen LogP contribution in [0.2, 0.25) is 0 Å². The van der Waals surface area contributed by atoms with Crippen LogP contribution in [0.4, 0.5) is 0 Å². The topological polar surface area (TPSA) is 52.1 Å². The Morgan fingerprint density at radius 1 is 1.29 bits per heavy atom. The number of nitrogens with zero attached hydrogens (tertiary/aromatic N) is 2. The van der Waals surface area contributed by atoms with Gasteiger partial charge in [0.15, 0.2) is 0 Å². The molecule has 0 aromatic carbocycles. The molecular formula is C17H29N3O. The van der Waals surface area contributed by atoms with Crippen molar-refractivity contribution >= 4 is 0 Å². The maximum absolute atomic E-state index is 10.3. The van der Waals surface area contributed by atoms with Crippen molar-refractivity contribution in [3.05, 3.63) is 17.5 Å². The summed E-state index contributed by atoms with van der Waals surface area (Å²) in [5.74, 6) is 1.28. The molecule has 3 rings (SSSR count). The SMILES string of the molecule is Cc1cc(C[C@@H]2CN(CCC3CCCCC3)C[C@H]2O)n[nH]1. The standard InChI is InChI=1S/C17H29N3O/c1-13-9-16(19-18-13)10-15-11-20(12-17(15)21)8-7-14-5-3-2-4-6-14/h9,14-15,17,21H,2-8,10-12H2,1H3,(H,18,19)/t15-,17-/m1/s1. The van der Waals surface area contributed by atoms with Crippen LogP contribution in [-0.4, -0.2) is 45.9 Å². The van der Waals surface area contributed by atoms with Gasteiger partial charge in [0.25, 0.3) is 0 Å². The summed E-state index contributed by atoms with van der Waals surface area (Å²) in [6, 6.07) is 2.09. The predicted molar refractivity (Wildman–Crippen MR) is 84.2 cm³/mol. The maximum atomic E-state index is 10.3. The van der Waals surface area contributed by atoms with E-state index in [0.717, 1.165) is 43.4 Å². The molecule has 4 nitrogen and oxygen atoms in total. The molecule has 21 heavy (non-hydrogen) atoms. The van der Waals surface area contributed by atoms with E-state index in [1.54, 1.807) is 0 Å². The van der Waals surface area contributed by atoms with Crippen molar-refractivity contribution in [2.75, 3.05) is 19.6 Å². The zero-order chi connectivity index (χ0) is 14.7. The van der Waals surface area contributed by atoms with Crippen molar-refractivity contribution in [3.8, 4) is 0 Å². The lowest BCUT2D eigenvalue weighted by molar-refractivity contribution is 0.140. The molecule has 1 aromatic rings. The Labute approximate surface area is 127 Å².